The van der Waals surface area contributed by atoms with Gasteiger partial charge in [0.2, 0.25) is 5.91 Å². The molecule has 2 aromatic rings. The van der Waals surface area contributed by atoms with E-state index in [2.05, 4.69) is 5.32 Å². The SMILES string of the molecule is C[C@@H](NC(=O)c1ccc(-c2ccc(F)cc2F)cc1)C(=O)N1CC2(CC1C(=O)O)OCCO2. The summed E-state index contributed by atoms with van der Waals surface area (Å²) in [5, 5.41) is 12.1. The number of carbonyl (C=O) groups is 3. The molecule has 2 atom stereocenters. The highest BCUT2D eigenvalue weighted by atomic mass is 19.1. The lowest BCUT2D eigenvalue weighted by Gasteiger charge is -2.26. The molecule has 4 rings (SSSR count). The van der Waals surface area contributed by atoms with E-state index >= 15 is 0 Å². The number of ether oxygens (including phenoxy) is 2. The van der Waals surface area contributed by atoms with Crippen molar-refractivity contribution in [2.45, 2.75) is 31.2 Å². The third-order valence-corrected chi connectivity index (χ3v) is 5.78. The van der Waals surface area contributed by atoms with Gasteiger partial charge >= 0.3 is 5.97 Å². The smallest absolute Gasteiger partial charge is 0.326 e. The van der Waals surface area contributed by atoms with Gasteiger partial charge in [-0.15, -0.1) is 0 Å². The monoisotopic (exact) mass is 460 g/mol. The first kappa shape index (κ1) is 22.8. The van der Waals surface area contributed by atoms with Crippen molar-refractivity contribution in [1.29, 1.82) is 0 Å². The Morgan fingerprint density at radius 2 is 1.79 bits per heavy atom. The largest absolute Gasteiger partial charge is 0.480 e. The highest BCUT2D eigenvalue weighted by Crippen LogP contribution is 2.35. The number of hydrogen-bond donors (Lipinski definition) is 2. The van der Waals surface area contributed by atoms with Gasteiger partial charge in [-0.1, -0.05) is 12.1 Å². The van der Waals surface area contributed by atoms with Gasteiger partial charge < -0.3 is 24.8 Å². The van der Waals surface area contributed by atoms with E-state index in [-0.39, 0.29) is 24.1 Å². The van der Waals surface area contributed by atoms with Crippen LogP contribution in [-0.4, -0.2) is 65.4 Å². The predicted octanol–water partition coefficient (Wildman–Crippen LogP) is 2.18. The molecule has 174 valence electrons. The molecule has 2 aliphatic heterocycles. The molecule has 2 heterocycles. The summed E-state index contributed by atoms with van der Waals surface area (Å²) in [4.78, 5) is 38.4. The second-order valence-electron chi connectivity index (χ2n) is 8.03. The number of carboxylic acid groups (broad SMARTS) is 1. The molecule has 2 N–H and O–H groups in total. The van der Waals surface area contributed by atoms with Crippen LogP contribution in [0.5, 0.6) is 0 Å². The average molecular weight is 460 g/mol. The van der Waals surface area contributed by atoms with Crippen molar-refractivity contribution in [3.63, 3.8) is 0 Å². The van der Waals surface area contributed by atoms with Crippen molar-refractivity contribution in [1.82, 2.24) is 10.2 Å². The Morgan fingerprint density at radius 3 is 2.39 bits per heavy atom. The van der Waals surface area contributed by atoms with Crippen LogP contribution in [0.1, 0.15) is 23.7 Å². The lowest BCUT2D eigenvalue weighted by molar-refractivity contribution is -0.153. The number of nitrogens with one attached hydrogen (secondary N) is 1. The fourth-order valence-corrected chi connectivity index (χ4v) is 4.11. The van der Waals surface area contributed by atoms with Gasteiger partial charge in [0.1, 0.15) is 23.7 Å². The third kappa shape index (κ3) is 4.57. The maximum atomic E-state index is 14.0. The van der Waals surface area contributed by atoms with Crippen molar-refractivity contribution < 1.29 is 37.7 Å². The van der Waals surface area contributed by atoms with Crippen molar-refractivity contribution >= 4 is 17.8 Å². The second kappa shape index (κ2) is 8.87. The van der Waals surface area contributed by atoms with Crippen LogP contribution in [0.3, 0.4) is 0 Å². The Bertz CT molecular complexity index is 1080. The number of halogens is 2. The Labute approximate surface area is 188 Å². The van der Waals surface area contributed by atoms with Gasteiger partial charge in [0, 0.05) is 23.6 Å². The van der Waals surface area contributed by atoms with Crippen molar-refractivity contribution in [3.05, 3.63) is 59.7 Å². The van der Waals surface area contributed by atoms with Crippen LogP contribution in [0.15, 0.2) is 42.5 Å². The summed E-state index contributed by atoms with van der Waals surface area (Å²) in [5.41, 5.74) is 0.860. The number of aliphatic carboxylic acids is 1. The van der Waals surface area contributed by atoms with E-state index in [0.717, 1.165) is 17.0 Å². The zero-order valence-electron chi connectivity index (χ0n) is 17.7. The van der Waals surface area contributed by atoms with E-state index in [1.54, 1.807) is 0 Å². The quantitative estimate of drug-likeness (QED) is 0.709. The number of rotatable bonds is 5. The summed E-state index contributed by atoms with van der Waals surface area (Å²) >= 11 is 0. The van der Waals surface area contributed by atoms with Crippen LogP contribution in [-0.2, 0) is 19.1 Å². The lowest BCUT2D eigenvalue weighted by Crippen LogP contribution is -2.51. The third-order valence-electron chi connectivity index (χ3n) is 5.78. The molecule has 8 nitrogen and oxygen atoms in total. The van der Waals surface area contributed by atoms with Gasteiger partial charge in [-0.25, -0.2) is 13.6 Å². The molecular weight excluding hydrogens is 438 g/mol. The number of hydrogen-bond acceptors (Lipinski definition) is 5. The van der Waals surface area contributed by atoms with Crippen LogP contribution in [0.25, 0.3) is 11.1 Å². The van der Waals surface area contributed by atoms with Crippen molar-refractivity contribution in [2.75, 3.05) is 19.8 Å². The first-order valence-electron chi connectivity index (χ1n) is 10.4. The van der Waals surface area contributed by atoms with E-state index < -0.39 is 47.3 Å². The summed E-state index contributed by atoms with van der Waals surface area (Å²) in [6.45, 7) is 2.06. The Balaban J connectivity index is 1.43. The van der Waals surface area contributed by atoms with Gasteiger partial charge in [0.25, 0.3) is 5.91 Å². The van der Waals surface area contributed by atoms with E-state index in [4.69, 9.17) is 9.47 Å². The molecule has 1 spiro atoms. The zero-order chi connectivity index (χ0) is 23.8. The fourth-order valence-electron chi connectivity index (χ4n) is 4.11. The normalized spacial score (nSPS) is 20.1. The van der Waals surface area contributed by atoms with Gasteiger partial charge in [-0.2, -0.15) is 0 Å². The molecule has 0 aromatic heterocycles. The van der Waals surface area contributed by atoms with Gasteiger partial charge in [0.15, 0.2) is 5.79 Å². The van der Waals surface area contributed by atoms with E-state index in [0.29, 0.717) is 18.8 Å². The minimum absolute atomic E-state index is 0.0101. The molecule has 2 saturated heterocycles. The molecule has 1 unspecified atom stereocenters. The molecule has 0 aliphatic carbocycles. The number of amides is 2. The Hall–Kier alpha value is -3.37. The molecule has 0 saturated carbocycles. The fraction of sp³-hybridized carbons (Fsp3) is 0.348. The molecule has 2 aromatic carbocycles. The first-order valence-corrected chi connectivity index (χ1v) is 10.4. The molecule has 10 heteroatoms. The lowest BCUT2D eigenvalue weighted by atomic mass is 10.0. The molecule has 2 amide bonds. The molecule has 33 heavy (non-hydrogen) atoms. The van der Waals surface area contributed by atoms with Crippen molar-refractivity contribution in [2.24, 2.45) is 0 Å². The van der Waals surface area contributed by atoms with E-state index in [1.165, 1.54) is 37.3 Å². The first-order chi connectivity index (χ1) is 15.7. The summed E-state index contributed by atoms with van der Waals surface area (Å²) in [5.74, 6) is -4.85. The van der Waals surface area contributed by atoms with Crippen LogP contribution in [0.2, 0.25) is 0 Å². The summed E-state index contributed by atoms with van der Waals surface area (Å²) in [6.07, 6.45) is 0.0101. The minimum Gasteiger partial charge on any atom is -0.480 e. The van der Waals surface area contributed by atoms with Gasteiger partial charge in [-0.05, 0) is 36.8 Å². The second-order valence-corrected chi connectivity index (χ2v) is 8.03. The Kier molecular flexibility index (Phi) is 6.13. The van der Waals surface area contributed by atoms with Crippen LogP contribution >= 0.6 is 0 Å². The molecule has 0 radical (unpaired) electrons. The maximum Gasteiger partial charge on any atom is 0.326 e. The number of carboxylic acids is 1. The van der Waals surface area contributed by atoms with Crippen LogP contribution in [0.4, 0.5) is 8.78 Å². The number of carbonyl (C=O) groups excluding carboxylic acids is 2. The molecule has 2 aliphatic rings. The van der Waals surface area contributed by atoms with E-state index in [9.17, 15) is 28.3 Å². The molecular formula is C23H22F2N2O6. The highest BCUT2D eigenvalue weighted by Gasteiger charge is 2.53. The van der Waals surface area contributed by atoms with Crippen molar-refractivity contribution in [3.8, 4) is 11.1 Å². The average Bonchev–Trinajstić information content (AvgIpc) is 3.40. The topological polar surface area (TPSA) is 105 Å². The maximum absolute atomic E-state index is 14.0. The standard InChI is InChI=1S/C23H22F2N2O6/c1-13(21(29)27-12-23(32-8-9-33-23)11-19(27)22(30)31)26-20(28)15-4-2-14(3-5-15)17-7-6-16(24)10-18(17)25/h2-7,10,13,19H,8-9,11-12H2,1H3,(H,26,28)(H,30,31)/t13-,19?/m1/s1. The predicted molar refractivity (Wildman–Crippen MR) is 111 cm³/mol. The van der Waals surface area contributed by atoms with Gasteiger partial charge in [0.05, 0.1) is 19.8 Å². The minimum atomic E-state index is -1.18. The van der Waals surface area contributed by atoms with Gasteiger partial charge in [-0.3, -0.25) is 9.59 Å². The molecule has 0 bridgehead atoms. The zero-order valence-corrected chi connectivity index (χ0v) is 17.7. The highest BCUT2D eigenvalue weighted by molar-refractivity contribution is 5.98. The summed E-state index contributed by atoms with van der Waals surface area (Å²) < 4.78 is 38.2. The summed E-state index contributed by atoms with van der Waals surface area (Å²) in [6, 6.07) is 7.02. The summed E-state index contributed by atoms with van der Waals surface area (Å²) in [7, 11) is 0. The number of nitrogens with zero attached hydrogens (tertiary/aromatic N) is 1. The Morgan fingerprint density at radius 1 is 1.12 bits per heavy atom. The number of likely N-dealkylation sites (tertiary alicyclic amines) is 1. The number of benzene rings is 2. The van der Waals surface area contributed by atoms with E-state index in [1.807, 2.05) is 0 Å². The molecule has 2 fully saturated rings. The van der Waals surface area contributed by atoms with Crippen LogP contribution in [0, 0.1) is 11.6 Å². The van der Waals surface area contributed by atoms with Crippen LogP contribution < -0.4 is 5.32 Å².